The molecule has 9 heteroatoms. The molecule has 1 amide bonds. The van der Waals surface area contributed by atoms with Crippen molar-refractivity contribution >= 4 is 13.7 Å². The molecule has 0 spiro atoms. The fraction of sp³-hybridized carbons (Fsp3) is 0.896. The molecule has 0 aliphatic carbocycles. The number of rotatable bonds is 44. The Kier molecular flexibility index (Phi) is 39.7. The summed E-state index contributed by atoms with van der Waals surface area (Å²) in [4.78, 5) is 23.1. The van der Waals surface area contributed by atoms with Crippen molar-refractivity contribution in [3.05, 3.63) is 24.3 Å². The number of nitrogens with one attached hydrogen (secondary N) is 1. The molecular weight excluding hydrogens is 732 g/mol. The van der Waals surface area contributed by atoms with E-state index in [1.54, 1.807) is 6.08 Å². The molecule has 8 nitrogen and oxygen atoms in total. The van der Waals surface area contributed by atoms with Crippen LogP contribution in [0.1, 0.15) is 226 Å². The van der Waals surface area contributed by atoms with Gasteiger partial charge in [0.25, 0.3) is 0 Å². The Bertz CT molecular complexity index is 984. The minimum atomic E-state index is -4.34. The van der Waals surface area contributed by atoms with Crippen LogP contribution in [0.5, 0.6) is 0 Å². The fourth-order valence-corrected chi connectivity index (χ4v) is 7.79. The average Bonchev–Trinajstić information content (AvgIpc) is 3.16. The number of carbonyl (C=O) groups excluding carboxylic acids is 1. The highest BCUT2D eigenvalue weighted by molar-refractivity contribution is 7.47. The number of unbranched alkanes of at least 4 members (excludes halogenated alkanes) is 29. The van der Waals surface area contributed by atoms with E-state index < -0.39 is 20.0 Å². The van der Waals surface area contributed by atoms with Crippen LogP contribution in [0.15, 0.2) is 24.3 Å². The first kappa shape index (κ1) is 56.0. The zero-order valence-electron chi connectivity index (χ0n) is 38.3. The topological polar surface area (TPSA) is 105 Å². The molecule has 0 aliphatic rings. The van der Waals surface area contributed by atoms with E-state index in [0.29, 0.717) is 17.4 Å². The number of likely N-dealkylation sites (N-methyl/N-ethyl adjacent to an activating group) is 1. The van der Waals surface area contributed by atoms with Gasteiger partial charge in [-0.1, -0.05) is 212 Å². The average molecular weight is 828 g/mol. The highest BCUT2D eigenvalue weighted by atomic mass is 31.2. The number of carbonyl (C=O) groups is 1. The molecule has 0 bridgehead atoms. The van der Waals surface area contributed by atoms with Crippen LogP contribution in [0.3, 0.4) is 0 Å². The quantitative estimate of drug-likeness (QED) is 0.0244. The van der Waals surface area contributed by atoms with Crippen molar-refractivity contribution in [1.29, 1.82) is 0 Å². The van der Waals surface area contributed by atoms with E-state index in [2.05, 4.69) is 31.3 Å². The minimum Gasteiger partial charge on any atom is -0.387 e. The Morgan fingerprint density at radius 3 is 1.40 bits per heavy atom. The van der Waals surface area contributed by atoms with Gasteiger partial charge in [-0.05, 0) is 32.1 Å². The zero-order valence-corrected chi connectivity index (χ0v) is 39.2. The van der Waals surface area contributed by atoms with Gasteiger partial charge in [-0.2, -0.15) is 0 Å². The normalized spacial score (nSPS) is 14.4. The third-order valence-electron chi connectivity index (χ3n) is 10.9. The second-order valence-electron chi connectivity index (χ2n) is 17.8. The lowest BCUT2D eigenvalue weighted by molar-refractivity contribution is -0.870. The van der Waals surface area contributed by atoms with E-state index in [9.17, 15) is 19.4 Å². The minimum absolute atomic E-state index is 0.0580. The number of hydrogen-bond donors (Lipinski definition) is 3. The van der Waals surface area contributed by atoms with Gasteiger partial charge in [-0.25, -0.2) is 4.57 Å². The third kappa shape index (κ3) is 42.9. The van der Waals surface area contributed by atoms with Gasteiger partial charge >= 0.3 is 7.82 Å². The van der Waals surface area contributed by atoms with Crippen LogP contribution in [-0.4, -0.2) is 73.4 Å². The monoisotopic (exact) mass is 828 g/mol. The molecule has 0 saturated heterocycles. The molecule has 0 heterocycles. The Labute approximate surface area is 354 Å². The van der Waals surface area contributed by atoms with Crippen molar-refractivity contribution in [3.8, 4) is 0 Å². The van der Waals surface area contributed by atoms with Gasteiger partial charge in [-0.15, -0.1) is 0 Å². The molecule has 3 N–H and O–H groups in total. The maximum atomic E-state index is 12.9. The van der Waals surface area contributed by atoms with Crippen LogP contribution < -0.4 is 5.32 Å². The molecule has 0 saturated carbocycles. The second-order valence-corrected chi connectivity index (χ2v) is 19.3. The SMILES string of the molecule is CCCCCC/C=C/CC/C=C/C(O)C(COP(=O)(O)OCC[N+](C)(C)C)NC(=O)CCCCCCCCCCCCCCCCCCCCCCCCCCC. The van der Waals surface area contributed by atoms with E-state index in [1.807, 2.05) is 27.2 Å². The Hall–Kier alpha value is -1.02. The Balaban J connectivity index is 4.13. The molecule has 3 atom stereocenters. The number of aliphatic hydroxyl groups is 1. The summed E-state index contributed by atoms with van der Waals surface area (Å²) in [6, 6.07) is -0.857. The lowest BCUT2D eigenvalue weighted by Crippen LogP contribution is -2.45. The van der Waals surface area contributed by atoms with Gasteiger partial charge in [0.15, 0.2) is 0 Å². The Morgan fingerprint density at radius 2 is 0.965 bits per heavy atom. The fourth-order valence-electron chi connectivity index (χ4n) is 7.06. The first-order valence-electron chi connectivity index (χ1n) is 24.2. The molecule has 0 aromatic rings. The number of phosphoric ester groups is 1. The summed E-state index contributed by atoms with van der Waals surface area (Å²) >= 11 is 0. The van der Waals surface area contributed by atoms with Crippen LogP contribution in [-0.2, 0) is 18.4 Å². The van der Waals surface area contributed by atoms with E-state index in [1.165, 1.54) is 167 Å². The zero-order chi connectivity index (χ0) is 42.1. The van der Waals surface area contributed by atoms with Crippen molar-refractivity contribution in [2.45, 2.75) is 238 Å². The van der Waals surface area contributed by atoms with E-state index in [0.717, 1.165) is 38.5 Å². The predicted octanol–water partition coefficient (Wildman–Crippen LogP) is 13.7. The molecule has 0 aromatic carbocycles. The number of phosphoric acid groups is 1. The lowest BCUT2D eigenvalue weighted by Gasteiger charge is -2.25. The van der Waals surface area contributed by atoms with E-state index in [4.69, 9.17) is 9.05 Å². The highest BCUT2D eigenvalue weighted by Gasteiger charge is 2.27. The largest absolute Gasteiger partial charge is 0.472 e. The first-order valence-corrected chi connectivity index (χ1v) is 25.7. The number of aliphatic hydroxyl groups excluding tert-OH is 1. The van der Waals surface area contributed by atoms with Gasteiger partial charge in [0.1, 0.15) is 13.2 Å². The summed E-state index contributed by atoms with van der Waals surface area (Å²) in [6.07, 6.45) is 48.5. The molecule has 0 rings (SSSR count). The lowest BCUT2D eigenvalue weighted by atomic mass is 10.0. The van der Waals surface area contributed by atoms with Gasteiger partial charge < -0.3 is 19.8 Å². The highest BCUT2D eigenvalue weighted by Crippen LogP contribution is 2.43. The van der Waals surface area contributed by atoms with E-state index >= 15 is 0 Å². The van der Waals surface area contributed by atoms with Crippen LogP contribution in [0.2, 0.25) is 0 Å². The third-order valence-corrected chi connectivity index (χ3v) is 11.9. The second kappa shape index (κ2) is 40.4. The molecule has 0 aromatic heterocycles. The maximum absolute atomic E-state index is 12.9. The van der Waals surface area contributed by atoms with Gasteiger partial charge in [0, 0.05) is 6.42 Å². The van der Waals surface area contributed by atoms with Crippen LogP contribution in [0.25, 0.3) is 0 Å². The molecule has 338 valence electrons. The number of amides is 1. The smallest absolute Gasteiger partial charge is 0.387 e. The number of nitrogens with zero attached hydrogens (tertiary/aromatic N) is 1. The summed E-state index contributed by atoms with van der Waals surface area (Å²) in [6.45, 7) is 4.77. The molecule has 0 aliphatic heterocycles. The maximum Gasteiger partial charge on any atom is 0.472 e. The van der Waals surface area contributed by atoms with Crippen LogP contribution in [0, 0.1) is 0 Å². The summed E-state index contributed by atoms with van der Waals surface area (Å²) in [7, 11) is 1.56. The van der Waals surface area contributed by atoms with E-state index in [-0.39, 0.29) is 19.1 Å². The van der Waals surface area contributed by atoms with Crippen molar-refractivity contribution in [2.24, 2.45) is 0 Å². The Morgan fingerprint density at radius 1 is 0.579 bits per heavy atom. The van der Waals surface area contributed by atoms with Crippen LogP contribution >= 0.6 is 7.82 Å². The van der Waals surface area contributed by atoms with Crippen molar-refractivity contribution in [1.82, 2.24) is 5.32 Å². The predicted molar refractivity (Wildman–Crippen MR) is 245 cm³/mol. The number of allylic oxidation sites excluding steroid dienone is 3. The summed E-state index contributed by atoms with van der Waals surface area (Å²) < 4.78 is 23.5. The molecule has 3 unspecified atom stereocenters. The van der Waals surface area contributed by atoms with Crippen molar-refractivity contribution in [2.75, 3.05) is 40.9 Å². The molecule has 0 fully saturated rings. The molecule has 57 heavy (non-hydrogen) atoms. The summed E-state index contributed by atoms with van der Waals surface area (Å²) in [5, 5.41) is 13.8. The molecule has 0 radical (unpaired) electrons. The van der Waals surface area contributed by atoms with Gasteiger partial charge in [0.05, 0.1) is 39.9 Å². The van der Waals surface area contributed by atoms with Crippen molar-refractivity contribution < 1.29 is 32.9 Å². The summed E-state index contributed by atoms with van der Waals surface area (Å²) in [5.41, 5.74) is 0. The number of hydrogen-bond acceptors (Lipinski definition) is 5. The van der Waals surface area contributed by atoms with Crippen LogP contribution in [0.4, 0.5) is 0 Å². The summed E-state index contributed by atoms with van der Waals surface area (Å²) in [5.74, 6) is -0.185. The van der Waals surface area contributed by atoms with Gasteiger partial charge in [-0.3, -0.25) is 13.8 Å². The van der Waals surface area contributed by atoms with Crippen molar-refractivity contribution in [3.63, 3.8) is 0 Å². The van der Waals surface area contributed by atoms with Gasteiger partial charge in [0.2, 0.25) is 5.91 Å². The first-order chi connectivity index (χ1) is 27.5. The molecular formula is C48H96N2O6P+. The number of quaternary nitrogens is 1. The standard InChI is InChI=1S/C48H95N2O6P/c1-6-8-10-12-14-16-18-19-20-21-22-23-24-25-26-27-28-29-30-31-32-34-36-38-40-42-48(52)49-46(45-56-57(53,54)55-44-43-50(3,4)5)47(51)41-39-37-35-33-17-15-13-11-9-7-2/h17,33,39,41,46-47,51H,6-16,18-32,34-38,40,42-45H2,1-5H3,(H-,49,52,53,54)/p+1/b33-17+,41-39+.